The molecule has 0 unspecified atom stereocenters. The van der Waals surface area contributed by atoms with Gasteiger partial charge in [0.25, 0.3) is 0 Å². The Balaban J connectivity index is 1.41. The van der Waals surface area contributed by atoms with Crippen molar-refractivity contribution >= 4 is 17.0 Å². The topological polar surface area (TPSA) is 65.4 Å². The maximum atomic E-state index is 9.57. The summed E-state index contributed by atoms with van der Waals surface area (Å²) in [5, 5.41) is 9.57. The third-order valence-electron chi connectivity index (χ3n) is 4.33. The van der Waals surface area contributed by atoms with Gasteiger partial charge in [-0.15, -0.1) is 0 Å². The molecule has 3 heterocycles. The molecule has 1 aliphatic heterocycles. The van der Waals surface area contributed by atoms with E-state index in [4.69, 9.17) is 0 Å². The van der Waals surface area contributed by atoms with Crippen molar-refractivity contribution in [2.45, 2.75) is 6.54 Å². The van der Waals surface area contributed by atoms with E-state index in [9.17, 15) is 5.11 Å². The Morgan fingerprint density at radius 2 is 1.79 bits per heavy atom. The molecule has 1 aliphatic rings. The molecule has 6 nitrogen and oxygen atoms in total. The van der Waals surface area contributed by atoms with Crippen LogP contribution in [-0.2, 0) is 6.54 Å². The maximum absolute atomic E-state index is 9.57. The summed E-state index contributed by atoms with van der Waals surface area (Å²) in [6.45, 7) is 4.65. The molecule has 1 N–H and O–H groups in total. The van der Waals surface area contributed by atoms with E-state index in [-0.39, 0.29) is 0 Å². The highest BCUT2D eigenvalue weighted by atomic mass is 16.3. The molecule has 0 radical (unpaired) electrons. The number of hydrogen-bond donors (Lipinski definition) is 1. The maximum Gasteiger partial charge on any atom is 0.180 e. The summed E-state index contributed by atoms with van der Waals surface area (Å²) in [5.41, 5.74) is 2.66. The highest BCUT2D eigenvalue weighted by Crippen LogP contribution is 2.18. The highest BCUT2D eigenvalue weighted by Gasteiger charge is 2.18. The first-order valence-electron chi connectivity index (χ1n) is 8.11. The number of rotatable bonds is 3. The Hall–Kier alpha value is -2.73. The summed E-state index contributed by atoms with van der Waals surface area (Å²) in [4.78, 5) is 17.8. The lowest BCUT2D eigenvalue weighted by atomic mass is 10.2. The fourth-order valence-corrected chi connectivity index (χ4v) is 3.07. The fraction of sp³-hybridized carbons (Fsp3) is 0.278. The number of aromatic hydroxyl groups is 1. The van der Waals surface area contributed by atoms with Crippen molar-refractivity contribution in [2.75, 3.05) is 31.1 Å². The minimum absolute atomic E-state index is 0.326. The zero-order valence-electron chi connectivity index (χ0n) is 13.3. The Labute approximate surface area is 140 Å². The van der Waals surface area contributed by atoms with E-state index >= 15 is 0 Å². The Bertz CT molecular complexity index is 845. The molecule has 0 amide bonds. The normalized spacial score (nSPS) is 15.8. The first kappa shape index (κ1) is 14.8. The molecular formula is C18H19N5O. The molecule has 6 heteroatoms. The van der Waals surface area contributed by atoms with Gasteiger partial charge in [0, 0.05) is 45.1 Å². The van der Waals surface area contributed by atoms with Crippen molar-refractivity contribution in [3.05, 3.63) is 54.4 Å². The van der Waals surface area contributed by atoms with E-state index in [1.807, 2.05) is 24.3 Å². The van der Waals surface area contributed by atoms with Crippen molar-refractivity contribution in [1.29, 1.82) is 0 Å². The van der Waals surface area contributed by atoms with Crippen LogP contribution in [0, 0.1) is 0 Å². The minimum atomic E-state index is 0.326. The zero-order chi connectivity index (χ0) is 16.4. The molecule has 3 aromatic rings. The average Bonchev–Trinajstić information content (AvgIpc) is 2.62. The molecular weight excluding hydrogens is 302 g/mol. The van der Waals surface area contributed by atoms with Crippen LogP contribution in [0.4, 0.5) is 5.82 Å². The van der Waals surface area contributed by atoms with E-state index in [1.54, 1.807) is 18.5 Å². The molecule has 1 fully saturated rings. The summed E-state index contributed by atoms with van der Waals surface area (Å²) in [6, 6.07) is 11.5. The number of fused-ring (bicyclic) bond motifs is 1. The van der Waals surface area contributed by atoms with E-state index in [0.29, 0.717) is 11.4 Å². The molecule has 1 aromatic carbocycles. The van der Waals surface area contributed by atoms with Gasteiger partial charge in [0.1, 0.15) is 17.1 Å². The van der Waals surface area contributed by atoms with Crippen molar-refractivity contribution in [1.82, 2.24) is 19.9 Å². The van der Waals surface area contributed by atoms with Gasteiger partial charge in [-0.25, -0.2) is 9.97 Å². The lowest BCUT2D eigenvalue weighted by molar-refractivity contribution is 0.249. The predicted octanol–water partition coefficient (Wildman–Crippen LogP) is 2.05. The van der Waals surface area contributed by atoms with Crippen molar-refractivity contribution in [3.8, 4) is 5.75 Å². The van der Waals surface area contributed by atoms with E-state index in [1.165, 1.54) is 0 Å². The van der Waals surface area contributed by atoms with E-state index in [0.717, 1.165) is 49.6 Å². The second-order valence-corrected chi connectivity index (χ2v) is 6.00. The second kappa shape index (κ2) is 6.41. The predicted molar refractivity (Wildman–Crippen MR) is 92.9 cm³/mol. The summed E-state index contributed by atoms with van der Waals surface area (Å²) >= 11 is 0. The largest absolute Gasteiger partial charge is 0.508 e. The van der Waals surface area contributed by atoms with Gasteiger partial charge in [0.2, 0.25) is 0 Å². The molecule has 0 saturated carbocycles. The van der Waals surface area contributed by atoms with Gasteiger partial charge in [0.05, 0.1) is 0 Å². The van der Waals surface area contributed by atoms with Crippen LogP contribution in [0.15, 0.2) is 48.8 Å². The van der Waals surface area contributed by atoms with Crippen LogP contribution in [0.2, 0.25) is 0 Å². The Morgan fingerprint density at radius 3 is 2.62 bits per heavy atom. The quantitative estimate of drug-likeness (QED) is 0.796. The van der Waals surface area contributed by atoms with Crippen LogP contribution in [0.3, 0.4) is 0 Å². The number of piperazine rings is 1. The zero-order valence-corrected chi connectivity index (χ0v) is 13.3. The van der Waals surface area contributed by atoms with Crippen molar-refractivity contribution in [2.24, 2.45) is 0 Å². The lowest BCUT2D eigenvalue weighted by Crippen LogP contribution is -2.46. The van der Waals surface area contributed by atoms with E-state index in [2.05, 4.69) is 30.8 Å². The van der Waals surface area contributed by atoms with Crippen LogP contribution in [0.25, 0.3) is 11.2 Å². The van der Waals surface area contributed by atoms with Crippen LogP contribution in [0.5, 0.6) is 5.75 Å². The second-order valence-electron chi connectivity index (χ2n) is 6.00. The monoisotopic (exact) mass is 321 g/mol. The summed E-state index contributed by atoms with van der Waals surface area (Å²) < 4.78 is 0. The number of phenols is 1. The Kier molecular flexibility index (Phi) is 3.96. The molecule has 1 saturated heterocycles. The van der Waals surface area contributed by atoms with Crippen LogP contribution >= 0.6 is 0 Å². The molecule has 0 bridgehead atoms. The number of aromatic nitrogens is 3. The molecule has 2 aromatic heterocycles. The van der Waals surface area contributed by atoms with Crippen molar-refractivity contribution < 1.29 is 5.11 Å². The molecule has 122 valence electrons. The first-order valence-corrected chi connectivity index (χ1v) is 8.11. The molecule has 0 atom stereocenters. The Morgan fingerprint density at radius 1 is 0.958 bits per heavy atom. The fourth-order valence-electron chi connectivity index (χ4n) is 3.07. The number of benzene rings is 1. The van der Waals surface area contributed by atoms with Gasteiger partial charge in [-0.05, 0) is 29.8 Å². The van der Waals surface area contributed by atoms with Gasteiger partial charge in [0.15, 0.2) is 5.65 Å². The van der Waals surface area contributed by atoms with Crippen LogP contribution < -0.4 is 4.90 Å². The van der Waals surface area contributed by atoms with E-state index < -0.39 is 0 Å². The average molecular weight is 321 g/mol. The SMILES string of the molecule is Oc1cccc(CN2CCN(c3ccc4nccnc4n3)CC2)c1. The third-order valence-corrected chi connectivity index (χ3v) is 4.33. The summed E-state index contributed by atoms with van der Waals surface area (Å²) in [7, 11) is 0. The molecule has 4 rings (SSSR count). The minimum Gasteiger partial charge on any atom is -0.508 e. The molecule has 0 aliphatic carbocycles. The number of pyridine rings is 1. The lowest BCUT2D eigenvalue weighted by Gasteiger charge is -2.35. The van der Waals surface area contributed by atoms with Gasteiger partial charge in [-0.3, -0.25) is 9.88 Å². The number of phenolic OH excluding ortho intramolecular Hbond substituents is 1. The summed E-state index contributed by atoms with van der Waals surface area (Å²) in [5.74, 6) is 1.28. The summed E-state index contributed by atoms with van der Waals surface area (Å²) in [6.07, 6.45) is 3.36. The van der Waals surface area contributed by atoms with Gasteiger partial charge >= 0.3 is 0 Å². The van der Waals surface area contributed by atoms with Gasteiger partial charge in [-0.1, -0.05) is 12.1 Å². The molecule has 24 heavy (non-hydrogen) atoms. The standard InChI is InChI=1S/C18H19N5O/c24-15-3-1-2-14(12-15)13-22-8-10-23(11-9-22)17-5-4-16-18(21-17)20-7-6-19-16/h1-7,12,24H,8-11,13H2. The molecule has 0 spiro atoms. The highest BCUT2D eigenvalue weighted by molar-refractivity contribution is 5.71. The van der Waals surface area contributed by atoms with Gasteiger partial charge < -0.3 is 10.0 Å². The number of nitrogens with zero attached hydrogens (tertiary/aromatic N) is 5. The number of anilines is 1. The number of hydrogen-bond acceptors (Lipinski definition) is 6. The smallest absolute Gasteiger partial charge is 0.180 e. The third kappa shape index (κ3) is 3.14. The van der Waals surface area contributed by atoms with Crippen LogP contribution in [-0.4, -0.2) is 51.1 Å². The van der Waals surface area contributed by atoms with Gasteiger partial charge in [-0.2, -0.15) is 0 Å². The first-order chi connectivity index (χ1) is 11.8. The van der Waals surface area contributed by atoms with Crippen molar-refractivity contribution in [3.63, 3.8) is 0 Å². The van der Waals surface area contributed by atoms with Crippen LogP contribution in [0.1, 0.15) is 5.56 Å².